The summed E-state index contributed by atoms with van der Waals surface area (Å²) < 4.78 is 2.80. The predicted octanol–water partition coefficient (Wildman–Crippen LogP) is 1.74. The van der Waals surface area contributed by atoms with E-state index in [9.17, 15) is 0 Å². The lowest BCUT2D eigenvalue weighted by Gasteiger charge is -2.11. The number of aryl methyl sites for hydroxylation is 2. The van der Waals surface area contributed by atoms with Crippen molar-refractivity contribution in [2.45, 2.75) is 44.6 Å². The topological polar surface area (TPSA) is 110 Å². The van der Waals surface area contributed by atoms with Crippen LogP contribution in [0.3, 0.4) is 0 Å². The first-order chi connectivity index (χ1) is 11.1. The maximum atomic E-state index is 8.83. The number of aromatic nitrogens is 4. The molecule has 0 fully saturated rings. The number of hydrogen-bond acceptors (Lipinski definition) is 6. The molecule has 0 saturated heterocycles. The molecule has 1 unspecified atom stereocenters. The molecule has 0 bridgehead atoms. The van der Waals surface area contributed by atoms with Gasteiger partial charge in [-0.3, -0.25) is 0 Å². The van der Waals surface area contributed by atoms with Gasteiger partial charge in [-0.25, -0.2) is 4.68 Å². The molecule has 0 aliphatic heterocycles. The Bertz CT molecular complexity index is 599. The number of tetrazole rings is 1. The lowest BCUT2D eigenvalue weighted by atomic mass is 9.83. The molecule has 1 atom stereocenters. The van der Waals surface area contributed by atoms with Gasteiger partial charge in [-0.05, 0) is 47.3 Å². The number of nitrogens with zero attached hydrogens (tertiary/aromatic N) is 4. The summed E-state index contributed by atoms with van der Waals surface area (Å²) in [5.74, 6) is 0.673. The summed E-state index contributed by atoms with van der Waals surface area (Å²) in [7, 11) is -1.25. The van der Waals surface area contributed by atoms with E-state index >= 15 is 0 Å². The Morgan fingerprint density at radius 2 is 1.92 bits per heavy atom. The number of hydrogen-bond donors (Lipinski definition) is 3. The van der Waals surface area contributed by atoms with Crippen molar-refractivity contribution in [2.24, 2.45) is 5.73 Å². The summed E-state index contributed by atoms with van der Waals surface area (Å²) in [5.41, 5.74) is 7.36. The van der Waals surface area contributed by atoms with Crippen LogP contribution in [-0.2, 0) is 13.0 Å². The van der Waals surface area contributed by atoms with Gasteiger partial charge in [0.25, 0.3) is 0 Å². The Hall–Kier alpha value is -0.995. The van der Waals surface area contributed by atoms with Gasteiger partial charge in [0, 0.05) is 11.0 Å². The molecular weight excluding hydrogens is 396 g/mol. The normalized spacial score (nSPS) is 11.8. The van der Waals surface area contributed by atoms with E-state index in [1.807, 2.05) is 12.1 Å². The molecule has 0 aliphatic rings. The maximum Gasteiger partial charge on any atom is 0.451 e. The third-order valence-electron chi connectivity index (χ3n) is 3.64. The highest BCUT2D eigenvalue weighted by Gasteiger charge is 2.15. The zero-order valence-corrected chi connectivity index (χ0v) is 15.7. The van der Waals surface area contributed by atoms with E-state index in [-0.39, 0.29) is 18.4 Å². The maximum absolute atomic E-state index is 8.83. The van der Waals surface area contributed by atoms with Gasteiger partial charge in [-0.15, -0.1) is 17.5 Å². The number of unbranched alkanes of at least 4 members (excludes halogenated alkanes) is 1. The molecule has 4 N–H and O–H groups in total. The number of nitrogens with two attached hydrogens (primary N) is 1. The number of halogens is 2. The van der Waals surface area contributed by atoms with Gasteiger partial charge >= 0.3 is 7.12 Å². The highest BCUT2D eigenvalue weighted by molar-refractivity contribution is 9.10. The van der Waals surface area contributed by atoms with Gasteiger partial charge in [0.2, 0.25) is 0 Å². The van der Waals surface area contributed by atoms with Gasteiger partial charge < -0.3 is 15.8 Å². The molecule has 24 heavy (non-hydrogen) atoms. The van der Waals surface area contributed by atoms with Crippen LogP contribution in [0.1, 0.15) is 36.7 Å². The average molecular weight is 419 g/mol. The highest BCUT2D eigenvalue weighted by atomic mass is 79.9. The zero-order chi connectivity index (χ0) is 16.7. The Balaban J connectivity index is 0.00000288. The van der Waals surface area contributed by atoms with E-state index in [4.69, 9.17) is 15.8 Å². The van der Waals surface area contributed by atoms with Crippen LogP contribution in [0, 0.1) is 0 Å². The Kier molecular flexibility index (Phi) is 9.46. The van der Waals surface area contributed by atoms with Gasteiger partial charge in [-0.1, -0.05) is 40.9 Å². The van der Waals surface area contributed by atoms with Crippen molar-refractivity contribution < 1.29 is 10.0 Å². The first-order valence-corrected chi connectivity index (χ1v) is 8.48. The molecule has 10 heteroatoms. The van der Waals surface area contributed by atoms with Crippen LogP contribution in [0.4, 0.5) is 0 Å². The predicted molar refractivity (Wildman–Crippen MR) is 98.7 cm³/mol. The Labute approximate surface area is 156 Å². The van der Waals surface area contributed by atoms with Crippen LogP contribution in [0.15, 0.2) is 28.7 Å². The van der Waals surface area contributed by atoms with Crippen molar-refractivity contribution >= 4 is 35.5 Å². The lowest BCUT2D eigenvalue weighted by molar-refractivity contribution is 0.400. The molecule has 0 saturated carbocycles. The van der Waals surface area contributed by atoms with Crippen LogP contribution in [0.25, 0.3) is 0 Å². The van der Waals surface area contributed by atoms with Crippen LogP contribution < -0.4 is 5.73 Å². The second-order valence-electron chi connectivity index (χ2n) is 5.51. The molecule has 7 nitrogen and oxygen atoms in total. The smallest absolute Gasteiger partial charge is 0.427 e. The minimum Gasteiger partial charge on any atom is -0.427 e. The fourth-order valence-electron chi connectivity index (χ4n) is 2.34. The third-order valence-corrected chi connectivity index (χ3v) is 4.17. The van der Waals surface area contributed by atoms with Crippen LogP contribution in [0.2, 0.25) is 6.32 Å². The average Bonchev–Trinajstić information content (AvgIpc) is 2.99. The van der Waals surface area contributed by atoms with Crippen molar-refractivity contribution in [2.75, 3.05) is 0 Å². The van der Waals surface area contributed by atoms with Crippen molar-refractivity contribution in [3.63, 3.8) is 0 Å². The van der Waals surface area contributed by atoms with E-state index in [1.54, 1.807) is 4.68 Å². The SMILES string of the molecule is Cl.NC(CCCCB(O)O)c1nnnn1CCc1ccc(Br)cc1. The molecule has 1 aromatic heterocycles. The van der Waals surface area contributed by atoms with Crippen LogP contribution >= 0.6 is 28.3 Å². The van der Waals surface area contributed by atoms with Gasteiger partial charge in [0.05, 0.1) is 6.04 Å². The van der Waals surface area contributed by atoms with Crippen molar-refractivity contribution in [3.8, 4) is 0 Å². The first-order valence-electron chi connectivity index (χ1n) is 7.68. The van der Waals surface area contributed by atoms with E-state index in [2.05, 4.69) is 43.6 Å². The largest absolute Gasteiger partial charge is 0.451 e. The second kappa shape index (κ2) is 10.8. The molecular formula is C14H22BBrClN5O2. The molecule has 0 aliphatic carbocycles. The summed E-state index contributed by atoms with van der Waals surface area (Å²) >= 11 is 3.42. The van der Waals surface area contributed by atoms with Gasteiger partial charge in [0.1, 0.15) is 0 Å². The van der Waals surface area contributed by atoms with Crippen LogP contribution in [0.5, 0.6) is 0 Å². The van der Waals surface area contributed by atoms with E-state index in [1.165, 1.54) is 5.56 Å². The lowest BCUT2D eigenvalue weighted by Crippen LogP contribution is -2.18. The van der Waals surface area contributed by atoms with Crippen LogP contribution in [-0.4, -0.2) is 37.4 Å². The van der Waals surface area contributed by atoms with E-state index in [0.717, 1.165) is 17.3 Å². The zero-order valence-electron chi connectivity index (χ0n) is 13.3. The van der Waals surface area contributed by atoms with Gasteiger partial charge in [0.15, 0.2) is 5.82 Å². The highest BCUT2D eigenvalue weighted by Crippen LogP contribution is 2.16. The fraction of sp³-hybridized carbons (Fsp3) is 0.500. The molecule has 0 amide bonds. The molecule has 0 spiro atoms. The molecule has 132 valence electrons. The Morgan fingerprint density at radius 3 is 2.58 bits per heavy atom. The summed E-state index contributed by atoms with van der Waals surface area (Å²) in [4.78, 5) is 0. The molecule has 2 aromatic rings. The molecule has 1 heterocycles. The van der Waals surface area contributed by atoms with Crippen molar-refractivity contribution in [3.05, 3.63) is 40.1 Å². The summed E-state index contributed by atoms with van der Waals surface area (Å²) in [5, 5.41) is 29.4. The first kappa shape index (κ1) is 21.0. The van der Waals surface area contributed by atoms with Crippen molar-refractivity contribution in [1.29, 1.82) is 0 Å². The fourth-order valence-corrected chi connectivity index (χ4v) is 2.61. The summed E-state index contributed by atoms with van der Waals surface area (Å²) in [6.45, 7) is 0.674. The minimum atomic E-state index is -1.25. The molecule has 1 aromatic carbocycles. The monoisotopic (exact) mass is 417 g/mol. The molecule has 0 radical (unpaired) electrons. The Morgan fingerprint density at radius 1 is 1.21 bits per heavy atom. The van der Waals surface area contributed by atoms with Gasteiger partial charge in [-0.2, -0.15) is 0 Å². The summed E-state index contributed by atoms with van der Waals surface area (Å²) in [6, 6.07) is 7.90. The number of rotatable bonds is 9. The molecule has 2 rings (SSSR count). The van der Waals surface area contributed by atoms with Crippen molar-refractivity contribution in [1.82, 2.24) is 20.2 Å². The van der Waals surface area contributed by atoms with E-state index in [0.29, 0.717) is 31.5 Å². The second-order valence-corrected chi connectivity index (χ2v) is 6.42. The quantitative estimate of drug-likeness (QED) is 0.423. The number of benzene rings is 1. The third kappa shape index (κ3) is 6.86. The van der Waals surface area contributed by atoms with E-state index < -0.39 is 7.12 Å². The minimum absolute atomic E-state index is 0. The standard InChI is InChI=1S/C14H21BBrN5O2.ClH/c16-12-6-4-11(5-7-12)8-10-21-14(18-19-20-21)13(17)3-1-2-9-15(22)23;/h4-7,13,22-23H,1-3,8-10,17H2;1H. The summed E-state index contributed by atoms with van der Waals surface area (Å²) in [6.07, 6.45) is 3.42.